The van der Waals surface area contributed by atoms with Crippen molar-refractivity contribution in [3.05, 3.63) is 34.6 Å². The van der Waals surface area contributed by atoms with Gasteiger partial charge in [-0.25, -0.2) is 4.39 Å². The van der Waals surface area contributed by atoms with E-state index >= 15 is 0 Å². The molecular weight excluding hydrogens is 255 g/mol. The smallest absolute Gasteiger partial charge is 0.221 e. The second kappa shape index (κ2) is 7.34. The van der Waals surface area contributed by atoms with Crippen LogP contribution in [-0.2, 0) is 11.3 Å². The van der Waals surface area contributed by atoms with Crippen LogP contribution in [0.2, 0.25) is 5.02 Å². The summed E-state index contributed by atoms with van der Waals surface area (Å²) in [5.74, 6) is -0.420. The molecule has 0 aliphatic carbocycles. The fourth-order valence-corrected chi connectivity index (χ4v) is 1.70. The summed E-state index contributed by atoms with van der Waals surface area (Å²) in [7, 11) is 0. The molecule has 1 aromatic carbocycles. The van der Waals surface area contributed by atoms with Crippen LogP contribution in [0.5, 0.6) is 0 Å². The van der Waals surface area contributed by atoms with Gasteiger partial charge in [0.1, 0.15) is 5.82 Å². The van der Waals surface area contributed by atoms with Gasteiger partial charge >= 0.3 is 0 Å². The highest BCUT2D eigenvalue weighted by Gasteiger charge is 2.06. The zero-order chi connectivity index (χ0) is 13.5. The molecule has 0 saturated carbocycles. The molecule has 3 nitrogen and oxygen atoms in total. The molecule has 2 N–H and O–H groups in total. The third-order valence-corrected chi connectivity index (χ3v) is 2.75. The largest absolute Gasteiger partial charge is 0.354 e. The van der Waals surface area contributed by atoms with Crippen molar-refractivity contribution < 1.29 is 9.18 Å². The van der Waals surface area contributed by atoms with Gasteiger partial charge in [-0.15, -0.1) is 0 Å². The van der Waals surface area contributed by atoms with Crippen molar-refractivity contribution in [1.29, 1.82) is 0 Å². The highest BCUT2D eigenvalue weighted by Crippen LogP contribution is 2.19. The van der Waals surface area contributed by atoms with Crippen LogP contribution >= 0.6 is 11.6 Å². The lowest BCUT2D eigenvalue weighted by atomic mass is 10.2. The Balaban J connectivity index is 2.30. The van der Waals surface area contributed by atoms with Crippen molar-refractivity contribution in [3.63, 3.8) is 0 Å². The first-order valence-corrected chi connectivity index (χ1v) is 6.31. The van der Waals surface area contributed by atoms with Gasteiger partial charge in [0.25, 0.3) is 0 Å². The predicted molar refractivity (Wildman–Crippen MR) is 71.0 cm³/mol. The third kappa shape index (κ3) is 5.02. The molecule has 1 rings (SSSR count). The molecule has 0 atom stereocenters. The summed E-state index contributed by atoms with van der Waals surface area (Å²) in [6, 6.07) is 4.84. The maximum absolute atomic E-state index is 13.1. The highest BCUT2D eigenvalue weighted by atomic mass is 35.5. The second-order valence-electron chi connectivity index (χ2n) is 4.36. The van der Waals surface area contributed by atoms with Crippen molar-refractivity contribution in [2.24, 2.45) is 0 Å². The van der Waals surface area contributed by atoms with E-state index in [1.54, 1.807) is 12.1 Å². The first-order valence-electron chi connectivity index (χ1n) is 5.93. The van der Waals surface area contributed by atoms with E-state index in [1.165, 1.54) is 6.07 Å². The molecule has 5 heteroatoms. The van der Waals surface area contributed by atoms with Crippen LogP contribution in [-0.4, -0.2) is 18.5 Å². The topological polar surface area (TPSA) is 41.1 Å². The Morgan fingerprint density at radius 3 is 2.83 bits per heavy atom. The Labute approximate surface area is 112 Å². The normalized spacial score (nSPS) is 10.7. The van der Waals surface area contributed by atoms with Gasteiger partial charge in [0, 0.05) is 25.6 Å². The van der Waals surface area contributed by atoms with E-state index < -0.39 is 5.82 Å². The molecule has 0 aromatic heterocycles. The minimum atomic E-state index is -0.423. The number of halogens is 2. The van der Waals surface area contributed by atoms with E-state index in [1.807, 2.05) is 13.8 Å². The molecule has 1 amide bonds. The first kappa shape index (κ1) is 14.9. The summed E-state index contributed by atoms with van der Waals surface area (Å²) in [5.41, 5.74) is 0.695. The third-order valence-electron chi connectivity index (χ3n) is 2.33. The number of carbonyl (C=O) groups is 1. The Morgan fingerprint density at radius 1 is 1.44 bits per heavy atom. The molecule has 0 aliphatic rings. The molecule has 0 spiro atoms. The van der Waals surface area contributed by atoms with Crippen LogP contribution in [0.15, 0.2) is 18.2 Å². The van der Waals surface area contributed by atoms with E-state index in [0.717, 1.165) is 0 Å². The van der Waals surface area contributed by atoms with Gasteiger partial charge in [0.15, 0.2) is 0 Å². The SMILES string of the molecule is CC(C)NC(=O)CCNCc1cccc(F)c1Cl. The number of hydrogen-bond acceptors (Lipinski definition) is 2. The quantitative estimate of drug-likeness (QED) is 0.781. The van der Waals surface area contributed by atoms with Gasteiger partial charge in [-0.05, 0) is 25.5 Å². The maximum atomic E-state index is 13.1. The molecule has 0 bridgehead atoms. The number of rotatable bonds is 6. The Bertz CT molecular complexity index is 410. The summed E-state index contributed by atoms with van der Waals surface area (Å²) < 4.78 is 13.1. The molecule has 100 valence electrons. The van der Waals surface area contributed by atoms with Crippen molar-refractivity contribution >= 4 is 17.5 Å². The van der Waals surface area contributed by atoms with E-state index in [2.05, 4.69) is 10.6 Å². The lowest BCUT2D eigenvalue weighted by Gasteiger charge is -2.09. The number of amides is 1. The van der Waals surface area contributed by atoms with Crippen LogP contribution in [0, 0.1) is 5.82 Å². The van der Waals surface area contributed by atoms with Crippen molar-refractivity contribution in [2.75, 3.05) is 6.54 Å². The van der Waals surface area contributed by atoms with Crippen LogP contribution in [0.1, 0.15) is 25.8 Å². The van der Waals surface area contributed by atoms with E-state index in [4.69, 9.17) is 11.6 Å². The van der Waals surface area contributed by atoms with Gasteiger partial charge in [-0.3, -0.25) is 4.79 Å². The standard InChI is InChI=1S/C13H18ClFN2O/c1-9(2)17-12(18)6-7-16-8-10-4-3-5-11(15)13(10)14/h3-5,9,16H,6-8H2,1-2H3,(H,17,18). The van der Waals surface area contributed by atoms with Crippen molar-refractivity contribution in [2.45, 2.75) is 32.9 Å². The molecule has 18 heavy (non-hydrogen) atoms. The van der Waals surface area contributed by atoms with Crippen LogP contribution in [0.25, 0.3) is 0 Å². The van der Waals surface area contributed by atoms with Gasteiger partial charge in [0.2, 0.25) is 5.91 Å². The Morgan fingerprint density at radius 2 is 2.17 bits per heavy atom. The highest BCUT2D eigenvalue weighted by molar-refractivity contribution is 6.31. The van der Waals surface area contributed by atoms with E-state index in [0.29, 0.717) is 25.1 Å². The number of benzene rings is 1. The van der Waals surface area contributed by atoms with Gasteiger partial charge in [-0.1, -0.05) is 23.7 Å². The van der Waals surface area contributed by atoms with Gasteiger partial charge in [-0.2, -0.15) is 0 Å². The van der Waals surface area contributed by atoms with Gasteiger partial charge in [0.05, 0.1) is 5.02 Å². The van der Waals surface area contributed by atoms with Crippen LogP contribution in [0.4, 0.5) is 4.39 Å². The monoisotopic (exact) mass is 272 g/mol. The van der Waals surface area contributed by atoms with Crippen LogP contribution in [0.3, 0.4) is 0 Å². The number of hydrogen-bond donors (Lipinski definition) is 2. The minimum absolute atomic E-state index is 0.00263. The minimum Gasteiger partial charge on any atom is -0.354 e. The predicted octanol–water partition coefficient (Wildman–Crippen LogP) is 2.48. The summed E-state index contributed by atoms with van der Waals surface area (Å²) >= 11 is 5.81. The second-order valence-corrected chi connectivity index (χ2v) is 4.74. The molecule has 0 radical (unpaired) electrons. The summed E-state index contributed by atoms with van der Waals surface area (Å²) in [6.45, 7) is 4.81. The summed E-state index contributed by atoms with van der Waals surface area (Å²) in [5, 5.41) is 5.99. The van der Waals surface area contributed by atoms with Crippen LogP contribution < -0.4 is 10.6 Å². The molecule has 0 aliphatic heterocycles. The Hall–Kier alpha value is -1.13. The van der Waals surface area contributed by atoms with Crippen molar-refractivity contribution in [3.8, 4) is 0 Å². The molecular formula is C13H18ClFN2O. The molecule has 0 saturated heterocycles. The van der Waals surface area contributed by atoms with E-state index in [-0.39, 0.29) is 17.0 Å². The lowest BCUT2D eigenvalue weighted by molar-refractivity contribution is -0.121. The number of carbonyl (C=O) groups excluding carboxylic acids is 1. The number of nitrogens with one attached hydrogen (secondary N) is 2. The van der Waals surface area contributed by atoms with Crippen molar-refractivity contribution in [1.82, 2.24) is 10.6 Å². The Kier molecular flexibility index (Phi) is 6.09. The molecule has 0 heterocycles. The van der Waals surface area contributed by atoms with Gasteiger partial charge < -0.3 is 10.6 Å². The zero-order valence-electron chi connectivity index (χ0n) is 10.6. The zero-order valence-corrected chi connectivity index (χ0v) is 11.4. The average molecular weight is 273 g/mol. The fourth-order valence-electron chi connectivity index (χ4n) is 1.50. The maximum Gasteiger partial charge on any atom is 0.221 e. The summed E-state index contributed by atoms with van der Waals surface area (Å²) in [4.78, 5) is 11.3. The molecule has 1 aromatic rings. The molecule has 0 unspecified atom stereocenters. The average Bonchev–Trinajstić information content (AvgIpc) is 2.29. The first-order chi connectivity index (χ1) is 8.50. The lowest BCUT2D eigenvalue weighted by Crippen LogP contribution is -2.32. The fraction of sp³-hybridized carbons (Fsp3) is 0.462. The van der Waals surface area contributed by atoms with E-state index in [9.17, 15) is 9.18 Å². The molecule has 0 fully saturated rings. The summed E-state index contributed by atoms with van der Waals surface area (Å²) in [6.07, 6.45) is 0.394.